The average molecular weight is 597 g/mol. The third-order valence-electron chi connectivity index (χ3n) is 3.73. The van der Waals surface area contributed by atoms with Crippen LogP contribution in [-0.2, 0) is 28.6 Å². The van der Waals surface area contributed by atoms with E-state index >= 15 is 0 Å². The van der Waals surface area contributed by atoms with Crippen molar-refractivity contribution in [2.24, 2.45) is 17.8 Å². The number of amides is 1. The van der Waals surface area contributed by atoms with Gasteiger partial charge in [0.05, 0.1) is 18.4 Å². The molecule has 8 heteroatoms. The Labute approximate surface area is 138 Å². The zero-order valence-electron chi connectivity index (χ0n) is 15.1. The van der Waals surface area contributed by atoms with Crippen molar-refractivity contribution < 1.29 is 28.6 Å². The van der Waals surface area contributed by atoms with Gasteiger partial charge in [0, 0.05) is 20.1 Å². The Bertz CT molecular complexity index is 391. The van der Waals surface area contributed by atoms with Crippen molar-refractivity contribution in [3.8, 4) is 0 Å². The predicted octanol–water partition coefficient (Wildman–Crippen LogP) is 1.32. The van der Waals surface area contributed by atoms with E-state index in [1.807, 2.05) is 6.92 Å². The van der Waals surface area contributed by atoms with Gasteiger partial charge in [-0.15, -0.1) is 0 Å². The van der Waals surface area contributed by atoms with E-state index in [1.54, 1.807) is 14.0 Å². The van der Waals surface area contributed by atoms with Gasteiger partial charge in [-0.3, -0.25) is 14.4 Å². The van der Waals surface area contributed by atoms with Gasteiger partial charge in [0.1, 0.15) is 6.61 Å². The maximum atomic E-state index is 12.2. The standard InChI is InChI=1S/C16H28NO6.Rf/c1-6-12(15(19)22-5)10-13(9-11(2)14(18)17-3)16(20)23-8-7-21-4;/h11-13H,5-10H2,1-4H3,(H,17,18);/q-1;. The van der Waals surface area contributed by atoms with E-state index in [0.29, 0.717) is 19.4 Å². The molecular formula is C16H28NO6Rf-. The molecule has 136 valence electrons. The molecule has 24 heavy (non-hydrogen) atoms. The number of esters is 2. The molecule has 0 rings (SSSR count). The second-order valence-corrected chi connectivity index (χ2v) is 5.41. The first-order chi connectivity index (χ1) is 10.9. The fraction of sp³-hybridized carbons (Fsp3) is 0.750. The van der Waals surface area contributed by atoms with Crippen molar-refractivity contribution in [2.45, 2.75) is 33.1 Å². The maximum absolute atomic E-state index is 12.2. The molecule has 0 saturated heterocycles. The first kappa shape index (κ1) is 23.6. The Morgan fingerprint density at radius 1 is 1.08 bits per heavy atom. The number of rotatable bonds is 11. The molecule has 0 aliphatic carbocycles. The van der Waals surface area contributed by atoms with Crippen LogP contribution in [0.1, 0.15) is 33.1 Å². The molecule has 0 aliphatic heterocycles. The largest absolute Gasteiger partial charge is 0.640 e. The smallest absolute Gasteiger partial charge is 0.309 e. The van der Waals surface area contributed by atoms with Gasteiger partial charge in [0.2, 0.25) is 5.91 Å². The van der Waals surface area contributed by atoms with E-state index in [2.05, 4.69) is 17.2 Å². The van der Waals surface area contributed by atoms with Gasteiger partial charge < -0.3 is 19.5 Å². The van der Waals surface area contributed by atoms with E-state index < -0.39 is 23.8 Å². The van der Waals surface area contributed by atoms with Crippen molar-refractivity contribution in [3.05, 3.63) is 7.11 Å². The quantitative estimate of drug-likeness (QED) is 0.220. The summed E-state index contributed by atoms with van der Waals surface area (Å²) in [6, 6.07) is 0. The molecule has 1 amide bonds. The minimum absolute atomic E-state index is 0. The Morgan fingerprint density at radius 3 is 2.17 bits per heavy atom. The number of carbonyl (C=O) groups excluding carboxylic acids is 3. The first-order valence-electron chi connectivity index (χ1n) is 7.74. The minimum atomic E-state index is -0.566. The zero-order valence-corrected chi connectivity index (χ0v) is 21.5. The number of ether oxygens (including phenoxy) is 3. The van der Waals surface area contributed by atoms with E-state index in [1.165, 1.54) is 7.11 Å². The summed E-state index contributed by atoms with van der Waals surface area (Å²) in [6.45, 7) is 3.99. The van der Waals surface area contributed by atoms with Crippen LogP contribution in [0.15, 0.2) is 0 Å². The number of carbonyl (C=O) groups is 3. The van der Waals surface area contributed by atoms with Crippen LogP contribution in [-0.4, -0.2) is 45.2 Å². The Balaban J connectivity index is 0. The van der Waals surface area contributed by atoms with E-state index in [-0.39, 0.29) is 24.9 Å². The van der Waals surface area contributed by atoms with Crippen LogP contribution in [0, 0.1) is 24.9 Å². The SMILES string of the molecule is [CH2-]OC(=O)C(CC)CC(CC(C)C(=O)NC)C(=O)OCCOC.[Rf]. The third-order valence-corrected chi connectivity index (χ3v) is 3.73. The Kier molecular flexibility index (Phi) is 12.7. The van der Waals surface area contributed by atoms with Crippen LogP contribution in [0.2, 0.25) is 0 Å². The van der Waals surface area contributed by atoms with Crippen LogP contribution in [0.5, 0.6) is 0 Å². The third kappa shape index (κ3) is 8.12. The summed E-state index contributed by atoms with van der Waals surface area (Å²) < 4.78 is 14.5. The summed E-state index contributed by atoms with van der Waals surface area (Å²) in [6.07, 6.45) is 1.08. The summed E-state index contributed by atoms with van der Waals surface area (Å²) in [5.41, 5.74) is 0. The zero-order chi connectivity index (χ0) is 17.8. The summed E-state index contributed by atoms with van der Waals surface area (Å²) >= 11 is 0. The normalized spacial score (nSPS) is 13.9. The first-order valence-corrected chi connectivity index (χ1v) is 7.74. The molecule has 3 atom stereocenters. The molecule has 0 aromatic rings. The van der Waals surface area contributed by atoms with E-state index in [0.717, 1.165) is 0 Å². The van der Waals surface area contributed by atoms with Gasteiger partial charge in [-0.05, 0) is 19.3 Å². The molecule has 0 fully saturated rings. The molecule has 0 saturated carbocycles. The summed E-state index contributed by atoms with van der Waals surface area (Å²) in [5.74, 6) is -2.45. The van der Waals surface area contributed by atoms with Crippen LogP contribution in [0.4, 0.5) is 0 Å². The molecular weight excluding hydrogens is 569 g/mol. The van der Waals surface area contributed by atoms with Crippen molar-refractivity contribution in [2.75, 3.05) is 27.4 Å². The van der Waals surface area contributed by atoms with Crippen LogP contribution in [0.25, 0.3) is 0 Å². The number of hydrogen-bond donors (Lipinski definition) is 1. The molecule has 0 aromatic carbocycles. The van der Waals surface area contributed by atoms with E-state index in [9.17, 15) is 14.4 Å². The molecule has 0 aromatic heterocycles. The fourth-order valence-corrected chi connectivity index (χ4v) is 2.30. The molecule has 0 aliphatic rings. The fourth-order valence-electron chi connectivity index (χ4n) is 2.30. The summed E-state index contributed by atoms with van der Waals surface area (Å²) in [4.78, 5) is 35.6. The Hall–Kier alpha value is -2.63. The number of methoxy groups -OCH3 is 1. The van der Waals surface area contributed by atoms with Gasteiger partial charge in [-0.1, -0.05) is 13.8 Å². The molecule has 1 N–H and O–H groups in total. The monoisotopic (exact) mass is 597 g/mol. The van der Waals surface area contributed by atoms with Crippen LogP contribution in [0.3, 0.4) is 0 Å². The molecule has 0 spiro atoms. The van der Waals surface area contributed by atoms with Crippen LogP contribution >= 0.6 is 0 Å². The second kappa shape index (κ2) is 12.9. The second-order valence-electron chi connectivity index (χ2n) is 5.41. The van der Waals surface area contributed by atoms with Gasteiger partial charge in [0.25, 0.3) is 5.97 Å². The summed E-state index contributed by atoms with van der Waals surface area (Å²) in [5, 5.41) is 2.55. The van der Waals surface area contributed by atoms with Gasteiger partial charge in [0.15, 0.2) is 0 Å². The summed E-state index contributed by atoms with van der Waals surface area (Å²) in [7, 11) is 6.17. The molecule has 0 bridgehead atoms. The minimum Gasteiger partial charge on any atom is -0.640 e. The van der Waals surface area contributed by atoms with Gasteiger partial charge in [-0.2, -0.15) is 7.11 Å². The topological polar surface area (TPSA) is 90.9 Å². The molecule has 0 radical (unpaired) electrons. The van der Waals surface area contributed by atoms with Crippen molar-refractivity contribution in [3.63, 3.8) is 0 Å². The van der Waals surface area contributed by atoms with Gasteiger partial charge >= 0.3 is 5.97 Å². The molecule has 7 nitrogen and oxygen atoms in total. The van der Waals surface area contributed by atoms with E-state index in [4.69, 9.17) is 9.47 Å². The van der Waals surface area contributed by atoms with Crippen LogP contribution < -0.4 is 5.32 Å². The average Bonchev–Trinajstić information content (AvgIpc) is 2.56. The Morgan fingerprint density at radius 2 is 1.71 bits per heavy atom. The van der Waals surface area contributed by atoms with Crippen molar-refractivity contribution in [1.29, 1.82) is 0 Å². The van der Waals surface area contributed by atoms with Gasteiger partial charge in [-0.25, -0.2) is 0 Å². The molecule has 3 unspecified atom stereocenters. The molecule has 0 heterocycles. The van der Waals surface area contributed by atoms with Crippen molar-refractivity contribution in [1.82, 2.24) is 5.32 Å². The number of hydrogen-bond acceptors (Lipinski definition) is 6. The number of nitrogens with one attached hydrogen (secondary N) is 1. The maximum Gasteiger partial charge on any atom is 0.309 e. The predicted molar refractivity (Wildman–Crippen MR) is 84.0 cm³/mol. The van der Waals surface area contributed by atoms with Crippen molar-refractivity contribution >= 4 is 17.8 Å².